The molecule has 1 nitrogen and oxygen atoms in total. The van der Waals surface area contributed by atoms with Crippen molar-refractivity contribution in [3.05, 3.63) is 35.4 Å². The number of carbonyl (C=O) groups is 1. The molecule has 1 rings (SSSR count). The summed E-state index contributed by atoms with van der Waals surface area (Å²) in [6.07, 6.45) is 7.06. The molecule has 1 atom stereocenters. The summed E-state index contributed by atoms with van der Waals surface area (Å²) in [5.74, 6) is 0.243. The molecule has 0 N–H and O–H groups in total. The molecular weight excluding hydrogens is 252 g/mol. The number of ketones is 1. The number of allylic oxidation sites excluding steroid dienone is 4. The number of hydrogen-bond donors (Lipinski definition) is 0. The largest absolute Gasteiger partial charge is 0.295 e. The van der Waals surface area contributed by atoms with Gasteiger partial charge in [-0.15, -0.1) is 6.58 Å². The average Bonchev–Trinajstić information content (AvgIpc) is 2.11. The molecule has 0 amide bonds. The third-order valence-corrected chi connectivity index (χ3v) is 3.41. The van der Waals surface area contributed by atoms with Crippen LogP contribution in [-0.2, 0) is 4.79 Å². The van der Waals surface area contributed by atoms with Crippen LogP contribution < -0.4 is 0 Å². The van der Waals surface area contributed by atoms with E-state index in [1.807, 2.05) is 13.0 Å². The van der Waals surface area contributed by atoms with Crippen LogP contribution in [0.4, 0.5) is 0 Å². The molecule has 2 heteroatoms. The van der Waals surface area contributed by atoms with Crippen LogP contribution in [0.25, 0.3) is 0 Å². The Kier molecular flexibility index (Phi) is 4.09. The maximum atomic E-state index is 11.3. The lowest BCUT2D eigenvalue weighted by molar-refractivity contribution is -0.115. The number of halogens is 1. The summed E-state index contributed by atoms with van der Waals surface area (Å²) < 4.78 is 0.992. The van der Waals surface area contributed by atoms with Gasteiger partial charge in [0.05, 0.1) is 0 Å². The molecule has 0 aliphatic heterocycles. The Balaban J connectivity index is 2.99. The fourth-order valence-corrected chi connectivity index (χ4v) is 2.77. The van der Waals surface area contributed by atoms with E-state index in [2.05, 4.69) is 29.1 Å². The van der Waals surface area contributed by atoms with Crippen molar-refractivity contribution in [1.82, 2.24) is 0 Å². The van der Waals surface area contributed by atoms with Gasteiger partial charge in [0.25, 0.3) is 0 Å². The van der Waals surface area contributed by atoms with Crippen molar-refractivity contribution in [2.75, 3.05) is 0 Å². The van der Waals surface area contributed by atoms with Crippen molar-refractivity contribution < 1.29 is 4.79 Å². The Labute approximate surface area is 100 Å². The minimum absolute atomic E-state index is 0.0657. The van der Waals surface area contributed by atoms with Crippen LogP contribution in [0.1, 0.15) is 32.6 Å². The lowest BCUT2D eigenvalue weighted by Crippen LogP contribution is -2.27. The van der Waals surface area contributed by atoms with Crippen LogP contribution in [0.15, 0.2) is 35.4 Å². The van der Waals surface area contributed by atoms with E-state index in [0.717, 1.165) is 23.7 Å². The predicted molar refractivity (Wildman–Crippen MR) is 67.9 cm³/mol. The highest BCUT2D eigenvalue weighted by molar-refractivity contribution is 9.11. The summed E-state index contributed by atoms with van der Waals surface area (Å²) in [4.78, 5) is 11.3. The molecule has 0 aromatic rings. The molecule has 0 heterocycles. The highest BCUT2D eigenvalue weighted by atomic mass is 79.9. The molecule has 82 valence electrons. The van der Waals surface area contributed by atoms with E-state index >= 15 is 0 Å². The van der Waals surface area contributed by atoms with E-state index in [0.29, 0.717) is 6.42 Å². The average molecular weight is 269 g/mol. The SMILES string of the molecule is C=CCC1(CC(=C)Br)CCC(=O)C=C1C. The second kappa shape index (κ2) is 4.93. The minimum atomic E-state index is 0.0657. The normalized spacial score (nSPS) is 26.0. The van der Waals surface area contributed by atoms with Crippen LogP contribution in [0.5, 0.6) is 0 Å². The molecule has 0 fully saturated rings. The molecule has 0 radical (unpaired) electrons. The fourth-order valence-electron chi connectivity index (χ4n) is 2.23. The van der Waals surface area contributed by atoms with Crippen molar-refractivity contribution in [3.8, 4) is 0 Å². The molecule has 0 saturated carbocycles. The van der Waals surface area contributed by atoms with Crippen LogP contribution in [0, 0.1) is 5.41 Å². The summed E-state index contributed by atoms with van der Waals surface area (Å²) in [6, 6.07) is 0. The van der Waals surface area contributed by atoms with Crippen LogP contribution in [0.2, 0.25) is 0 Å². The van der Waals surface area contributed by atoms with E-state index in [1.165, 1.54) is 5.57 Å². The summed E-state index contributed by atoms with van der Waals surface area (Å²) in [5.41, 5.74) is 1.23. The van der Waals surface area contributed by atoms with Gasteiger partial charge in [0.1, 0.15) is 0 Å². The Morgan fingerprint density at radius 2 is 2.40 bits per heavy atom. The molecule has 1 aliphatic rings. The molecule has 0 bridgehead atoms. The van der Waals surface area contributed by atoms with Gasteiger partial charge >= 0.3 is 0 Å². The molecular formula is C13H17BrO. The topological polar surface area (TPSA) is 17.1 Å². The second-order valence-corrected chi connectivity index (χ2v) is 5.38. The molecule has 1 unspecified atom stereocenters. The number of carbonyl (C=O) groups excluding carboxylic acids is 1. The Morgan fingerprint density at radius 3 is 2.87 bits per heavy atom. The first-order chi connectivity index (χ1) is 7.00. The maximum absolute atomic E-state index is 11.3. The lowest BCUT2D eigenvalue weighted by atomic mass is 9.68. The number of hydrogen-bond acceptors (Lipinski definition) is 1. The van der Waals surface area contributed by atoms with Crippen molar-refractivity contribution in [3.63, 3.8) is 0 Å². The van der Waals surface area contributed by atoms with Gasteiger partial charge in [0.15, 0.2) is 5.78 Å². The van der Waals surface area contributed by atoms with Crippen molar-refractivity contribution in [2.45, 2.75) is 32.6 Å². The first-order valence-electron chi connectivity index (χ1n) is 5.16. The zero-order valence-corrected chi connectivity index (χ0v) is 10.8. The molecule has 0 saturated heterocycles. The zero-order valence-electron chi connectivity index (χ0n) is 9.18. The van der Waals surface area contributed by atoms with E-state index in [-0.39, 0.29) is 11.2 Å². The minimum Gasteiger partial charge on any atom is -0.295 e. The second-order valence-electron chi connectivity index (χ2n) is 4.26. The summed E-state index contributed by atoms with van der Waals surface area (Å²) >= 11 is 3.42. The van der Waals surface area contributed by atoms with Gasteiger partial charge in [-0.25, -0.2) is 0 Å². The van der Waals surface area contributed by atoms with Gasteiger partial charge in [-0.1, -0.05) is 34.2 Å². The predicted octanol–water partition coefficient (Wildman–Crippen LogP) is 4.16. The smallest absolute Gasteiger partial charge is 0.155 e. The lowest BCUT2D eigenvalue weighted by Gasteiger charge is -2.36. The standard InChI is InChI=1S/C13H17BrO/c1-4-6-13(9-11(3)14)7-5-12(15)8-10(13)2/h4,8H,1,3,5-7,9H2,2H3. The maximum Gasteiger partial charge on any atom is 0.155 e. The number of rotatable bonds is 4. The van der Waals surface area contributed by atoms with Gasteiger partial charge in [-0.2, -0.15) is 0 Å². The molecule has 0 spiro atoms. The third kappa shape index (κ3) is 2.91. The molecule has 0 aromatic carbocycles. The van der Waals surface area contributed by atoms with Crippen LogP contribution in [0.3, 0.4) is 0 Å². The van der Waals surface area contributed by atoms with Gasteiger partial charge in [0.2, 0.25) is 0 Å². The van der Waals surface area contributed by atoms with Crippen molar-refractivity contribution >= 4 is 21.7 Å². The van der Waals surface area contributed by atoms with Gasteiger partial charge in [-0.05, 0) is 42.2 Å². The summed E-state index contributed by atoms with van der Waals surface area (Å²) in [7, 11) is 0. The first-order valence-corrected chi connectivity index (χ1v) is 5.95. The highest BCUT2D eigenvalue weighted by Gasteiger charge is 2.34. The summed E-state index contributed by atoms with van der Waals surface area (Å²) in [5, 5.41) is 0. The van der Waals surface area contributed by atoms with E-state index in [4.69, 9.17) is 0 Å². The Morgan fingerprint density at radius 1 is 1.73 bits per heavy atom. The van der Waals surface area contributed by atoms with Crippen molar-refractivity contribution in [2.24, 2.45) is 5.41 Å². The molecule has 1 aliphatic carbocycles. The molecule has 15 heavy (non-hydrogen) atoms. The van der Waals surface area contributed by atoms with E-state index in [9.17, 15) is 4.79 Å². The Hall–Kier alpha value is -0.630. The highest BCUT2D eigenvalue weighted by Crippen LogP contribution is 2.45. The van der Waals surface area contributed by atoms with Gasteiger partial charge in [0, 0.05) is 6.42 Å². The van der Waals surface area contributed by atoms with E-state index < -0.39 is 0 Å². The first kappa shape index (κ1) is 12.4. The quantitative estimate of drug-likeness (QED) is 0.700. The molecule has 0 aromatic heterocycles. The van der Waals surface area contributed by atoms with Crippen LogP contribution in [-0.4, -0.2) is 5.78 Å². The Bertz CT molecular complexity index is 327. The van der Waals surface area contributed by atoms with Crippen molar-refractivity contribution in [1.29, 1.82) is 0 Å². The summed E-state index contributed by atoms with van der Waals surface area (Å²) in [6.45, 7) is 9.74. The fraction of sp³-hybridized carbons (Fsp3) is 0.462. The third-order valence-electron chi connectivity index (χ3n) is 3.13. The van der Waals surface area contributed by atoms with Gasteiger partial charge < -0.3 is 0 Å². The zero-order chi connectivity index (χ0) is 11.5. The van der Waals surface area contributed by atoms with E-state index in [1.54, 1.807) is 6.08 Å². The van der Waals surface area contributed by atoms with Gasteiger partial charge in [-0.3, -0.25) is 4.79 Å². The monoisotopic (exact) mass is 268 g/mol. The van der Waals surface area contributed by atoms with Crippen LogP contribution >= 0.6 is 15.9 Å².